The van der Waals surface area contributed by atoms with Crippen LogP contribution >= 0.6 is 34.3 Å². The van der Waals surface area contributed by atoms with E-state index in [2.05, 4.69) is 22.1 Å². The van der Waals surface area contributed by atoms with Gasteiger partial charge in [-0.3, -0.25) is 0 Å². The van der Waals surface area contributed by atoms with E-state index < -0.39 is 0 Å². The Labute approximate surface area is 130 Å². The normalized spacial score (nSPS) is 15.2. The minimum atomic E-state index is 0.560. The van der Waals surface area contributed by atoms with Crippen LogP contribution in [0.5, 0.6) is 0 Å². The predicted octanol–water partition coefficient (Wildman–Crippen LogP) is 5.34. The van der Waals surface area contributed by atoms with Crippen LogP contribution in [-0.2, 0) is 12.8 Å². The average molecular weight is 321 g/mol. The molecule has 0 N–H and O–H groups in total. The molecule has 1 aliphatic carbocycles. The van der Waals surface area contributed by atoms with Crippen molar-refractivity contribution in [2.24, 2.45) is 0 Å². The molecule has 102 valence electrons. The second-order valence-corrected chi connectivity index (χ2v) is 7.66. The lowest BCUT2D eigenvalue weighted by molar-refractivity contribution is 0.713. The van der Waals surface area contributed by atoms with Crippen LogP contribution in [0.2, 0.25) is 5.15 Å². The van der Waals surface area contributed by atoms with Gasteiger partial charge in [0.25, 0.3) is 0 Å². The molecule has 0 aromatic carbocycles. The van der Waals surface area contributed by atoms with Crippen LogP contribution in [0.4, 0.5) is 0 Å². The Kier molecular flexibility index (Phi) is 3.25. The van der Waals surface area contributed by atoms with Gasteiger partial charge in [-0.1, -0.05) is 18.0 Å². The molecule has 0 spiro atoms. The van der Waals surface area contributed by atoms with Gasteiger partial charge >= 0.3 is 0 Å². The molecular weight excluding hydrogens is 308 g/mol. The number of rotatable bonds is 1. The largest absolute Gasteiger partial charge is 0.235 e. The van der Waals surface area contributed by atoms with E-state index in [1.807, 2.05) is 11.3 Å². The van der Waals surface area contributed by atoms with E-state index >= 15 is 0 Å². The maximum atomic E-state index is 6.14. The van der Waals surface area contributed by atoms with E-state index in [0.29, 0.717) is 5.15 Å². The van der Waals surface area contributed by atoms with Gasteiger partial charge in [-0.2, -0.15) is 0 Å². The monoisotopic (exact) mass is 320 g/mol. The van der Waals surface area contributed by atoms with Crippen molar-refractivity contribution in [3.8, 4) is 9.75 Å². The summed E-state index contributed by atoms with van der Waals surface area (Å²) in [4.78, 5) is 12.6. The number of halogens is 1. The molecule has 5 heteroatoms. The van der Waals surface area contributed by atoms with Gasteiger partial charge in [0.1, 0.15) is 11.5 Å². The fourth-order valence-electron chi connectivity index (χ4n) is 2.74. The zero-order chi connectivity index (χ0) is 13.5. The first-order valence-corrected chi connectivity index (χ1v) is 8.84. The van der Waals surface area contributed by atoms with Crippen molar-refractivity contribution >= 4 is 44.5 Å². The molecule has 3 aromatic heterocycles. The Bertz CT molecular complexity index is 752. The van der Waals surface area contributed by atoms with Crippen LogP contribution in [-0.4, -0.2) is 9.97 Å². The van der Waals surface area contributed by atoms with E-state index in [1.165, 1.54) is 48.2 Å². The molecule has 0 radical (unpaired) electrons. The summed E-state index contributed by atoms with van der Waals surface area (Å²) in [5, 5.41) is 0.560. The van der Waals surface area contributed by atoms with Crippen molar-refractivity contribution in [3.05, 3.63) is 34.1 Å². The molecule has 0 amide bonds. The number of fused-ring (bicyclic) bond motifs is 2. The lowest BCUT2D eigenvalue weighted by atomic mass is 10.1. The Morgan fingerprint density at radius 3 is 2.70 bits per heavy atom. The van der Waals surface area contributed by atoms with Gasteiger partial charge in [-0.15, -0.1) is 22.7 Å². The Hall–Kier alpha value is -0.970. The van der Waals surface area contributed by atoms with Crippen LogP contribution in [0.1, 0.15) is 29.7 Å². The van der Waals surface area contributed by atoms with Crippen molar-refractivity contribution < 1.29 is 0 Å². The number of hydrogen-bond donors (Lipinski definition) is 0. The molecule has 0 fully saturated rings. The molecule has 4 rings (SSSR count). The molecule has 3 heterocycles. The second-order valence-electron chi connectivity index (χ2n) is 5.11. The summed E-state index contributed by atoms with van der Waals surface area (Å²) in [7, 11) is 0. The lowest BCUT2D eigenvalue weighted by Crippen LogP contribution is -1.80. The van der Waals surface area contributed by atoms with Crippen molar-refractivity contribution in [2.45, 2.75) is 32.1 Å². The highest BCUT2D eigenvalue weighted by molar-refractivity contribution is 7.26. The summed E-state index contributed by atoms with van der Waals surface area (Å²) in [5.41, 5.74) is 2.51. The molecule has 3 aromatic rings. The number of nitrogens with zero attached hydrogens (tertiary/aromatic N) is 2. The third kappa shape index (κ3) is 2.16. The first-order chi connectivity index (χ1) is 9.81. The maximum Gasteiger partial charge on any atom is 0.150 e. The molecule has 0 unspecified atom stereocenters. The fourth-order valence-corrected chi connectivity index (χ4v) is 5.31. The standard InChI is InChI=1S/C15H13ClN2S2/c16-15-14-10(17-8-18-15)7-13(20-14)12-6-9-4-2-1-3-5-11(9)19-12/h6-8H,1-5H2. The molecule has 20 heavy (non-hydrogen) atoms. The molecular formula is C15H13ClN2S2. The topological polar surface area (TPSA) is 25.8 Å². The van der Waals surface area contributed by atoms with Crippen molar-refractivity contribution in [2.75, 3.05) is 0 Å². The Morgan fingerprint density at radius 1 is 0.950 bits per heavy atom. The smallest absolute Gasteiger partial charge is 0.150 e. The van der Waals surface area contributed by atoms with Crippen LogP contribution in [0.3, 0.4) is 0 Å². The molecule has 1 aliphatic rings. The number of thiophene rings is 2. The third-order valence-electron chi connectivity index (χ3n) is 3.76. The fraction of sp³-hybridized carbons (Fsp3) is 0.333. The SMILES string of the molecule is Clc1ncnc2cc(-c3cc4c(s3)CCCCC4)sc12. The third-order valence-corrected chi connectivity index (χ3v) is 6.72. The van der Waals surface area contributed by atoms with Crippen molar-refractivity contribution in [1.29, 1.82) is 0 Å². The van der Waals surface area contributed by atoms with Crippen molar-refractivity contribution in [3.63, 3.8) is 0 Å². The minimum absolute atomic E-state index is 0.560. The quantitative estimate of drug-likeness (QED) is 0.446. The molecule has 0 atom stereocenters. The lowest BCUT2D eigenvalue weighted by Gasteiger charge is -1.92. The van der Waals surface area contributed by atoms with Gasteiger partial charge in [0, 0.05) is 14.6 Å². The summed E-state index contributed by atoms with van der Waals surface area (Å²) in [6, 6.07) is 4.51. The summed E-state index contributed by atoms with van der Waals surface area (Å²) >= 11 is 9.78. The highest BCUT2D eigenvalue weighted by atomic mass is 35.5. The first kappa shape index (κ1) is 12.7. The molecule has 2 nitrogen and oxygen atoms in total. The van der Waals surface area contributed by atoms with Crippen LogP contribution in [0.15, 0.2) is 18.5 Å². The van der Waals surface area contributed by atoms with E-state index in [4.69, 9.17) is 11.6 Å². The number of hydrogen-bond acceptors (Lipinski definition) is 4. The molecule has 0 saturated heterocycles. The van der Waals surface area contributed by atoms with Gasteiger partial charge < -0.3 is 0 Å². The van der Waals surface area contributed by atoms with Crippen molar-refractivity contribution in [1.82, 2.24) is 9.97 Å². The van der Waals surface area contributed by atoms with Crippen LogP contribution in [0, 0.1) is 0 Å². The summed E-state index contributed by atoms with van der Waals surface area (Å²) < 4.78 is 0.993. The van der Waals surface area contributed by atoms with Gasteiger partial charge in [0.2, 0.25) is 0 Å². The van der Waals surface area contributed by atoms with E-state index in [1.54, 1.807) is 21.8 Å². The Morgan fingerprint density at radius 2 is 1.80 bits per heavy atom. The number of aryl methyl sites for hydroxylation is 2. The molecule has 0 aliphatic heterocycles. The zero-order valence-electron chi connectivity index (χ0n) is 10.9. The molecule has 0 saturated carbocycles. The maximum absolute atomic E-state index is 6.14. The summed E-state index contributed by atoms with van der Waals surface area (Å²) in [5.74, 6) is 0. The summed E-state index contributed by atoms with van der Waals surface area (Å²) in [6.07, 6.45) is 8.03. The van der Waals surface area contributed by atoms with E-state index in [-0.39, 0.29) is 0 Å². The van der Waals surface area contributed by atoms with E-state index in [0.717, 1.165) is 10.2 Å². The van der Waals surface area contributed by atoms with Gasteiger partial charge in [-0.05, 0) is 43.4 Å². The van der Waals surface area contributed by atoms with Gasteiger partial charge in [0.05, 0.1) is 10.2 Å². The van der Waals surface area contributed by atoms with Gasteiger partial charge in [-0.25, -0.2) is 9.97 Å². The second kappa shape index (κ2) is 5.10. The predicted molar refractivity (Wildman–Crippen MR) is 87.0 cm³/mol. The highest BCUT2D eigenvalue weighted by Gasteiger charge is 2.15. The van der Waals surface area contributed by atoms with E-state index in [9.17, 15) is 0 Å². The van der Waals surface area contributed by atoms with Gasteiger partial charge in [0.15, 0.2) is 0 Å². The minimum Gasteiger partial charge on any atom is -0.235 e. The Balaban J connectivity index is 1.81. The van der Waals surface area contributed by atoms with Crippen LogP contribution in [0.25, 0.3) is 20.0 Å². The zero-order valence-corrected chi connectivity index (χ0v) is 13.2. The first-order valence-electron chi connectivity index (χ1n) is 6.83. The molecule has 0 bridgehead atoms. The highest BCUT2D eigenvalue weighted by Crippen LogP contribution is 2.41. The summed E-state index contributed by atoms with van der Waals surface area (Å²) in [6.45, 7) is 0. The number of aromatic nitrogens is 2. The van der Waals surface area contributed by atoms with Crippen LogP contribution < -0.4 is 0 Å². The average Bonchev–Trinajstić information content (AvgIpc) is 2.99.